The average Bonchev–Trinajstić information content (AvgIpc) is 3.55. The Balaban J connectivity index is 1.56. The fraction of sp³-hybridized carbons (Fsp3) is 0.639. The van der Waals surface area contributed by atoms with E-state index < -0.39 is 29.1 Å². The van der Waals surface area contributed by atoms with Crippen molar-refractivity contribution in [1.29, 1.82) is 0 Å². The van der Waals surface area contributed by atoms with Crippen molar-refractivity contribution >= 4 is 23.4 Å². The summed E-state index contributed by atoms with van der Waals surface area (Å²) in [7, 11) is 0. The van der Waals surface area contributed by atoms with Crippen molar-refractivity contribution < 1.29 is 29.0 Å². The molecule has 3 aliphatic heterocycles. The molecule has 0 radical (unpaired) electrons. The minimum Gasteiger partial charge on any atom is -0.494 e. The highest BCUT2D eigenvalue weighted by Gasteiger charge is 2.80. The quantitative estimate of drug-likeness (QED) is 0.238. The van der Waals surface area contributed by atoms with Gasteiger partial charge in [-0.3, -0.25) is 14.4 Å². The molecule has 9 nitrogen and oxygen atoms in total. The average molecular weight is 622 g/mol. The van der Waals surface area contributed by atoms with Crippen LogP contribution in [-0.2, 0) is 19.1 Å². The van der Waals surface area contributed by atoms with E-state index in [-0.39, 0.29) is 42.8 Å². The smallest absolute Gasteiger partial charge is 0.248 e. The van der Waals surface area contributed by atoms with Crippen molar-refractivity contribution in [1.82, 2.24) is 9.80 Å². The van der Waals surface area contributed by atoms with Gasteiger partial charge in [0, 0.05) is 38.0 Å². The van der Waals surface area contributed by atoms with Crippen molar-refractivity contribution in [3.63, 3.8) is 0 Å². The first-order chi connectivity index (χ1) is 21.7. The lowest BCUT2D eigenvalue weighted by atomic mass is 9.62. The van der Waals surface area contributed by atoms with Crippen LogP contribution in [0.5, 0.6) is 5.75 Å². The molecule has 3 amide bonds. The molecule has 3 saturated heterocycles. The van der Waals surface area contributed by atoms with Crippen LogP contribution in [0.15, 0.2) is 49.6 Å². The Kier molecular flexibility index (Phi) is 10.1. The van der Waals surface area contributed by atoms with Gasteiger partial charge in [-0.1, -0.05) is 38.3 Å². The Bertz CT molecular complexity index is 1260. The number of anilines is 1. The van der Waals surface area contributed by atoms with E-state index in [1.54, 1.807) is 22.0 Å². The lowest BCUT2D eigenvalue weighted by molar-refractivity contribution is -0.154. The largest absolute Gasteiger partial charge is 0.494 e. The first-order valence-corrected chi connectivity index (χ1v) is 16.9. The second kappa shape index (κ2) is 13.7. The van der Waals surface area contributed by atoms with Gasteiger partial charge in [-0.05, 0) is 76.1 Å². The number of carbonyl (C=O) groups is 3. The van der Waals surface area contributed by atoms with E-state index in [1.165, 1.54) is 0 Å². The van der Waals surface area contributed by atoms with E-state index in [4.69, 9.17) is 9.47 Å². The minimum absolute atomic E-state index is 0.00515. The third-order valence-corrected chi connectivity index (χ3v) is 10.8. The molecule has 3 heterocycles. The highest BCUT2D eigenvalue weighted by Crippen LogP contribution is 2.65. The maximum absolute atomic E-state index is 14.8. The van der Waals surface area contributed by atoms with E-state index in [1.807, 2.05) is 43.0 Å². The van der Waals surface area contributed by atoms with Gasteiger partial charge >= 0.3 is 0 Å². The second-order valence-corrected chi connectivity index (χ2v) is 13.4. The van der Waals surface area contributed by atoms with Crippen LogP contribution in [0.25, 0.3) is 0 Å². The molecular weight excluding hydrogens is 570 g/mol. The van der Waals surface area contributed by atoms with Crippen molar-refractivity contribution in [2.45, 2.75) is 95.4 Å². The number of ether oxygens (including phenoxy) is 2. The molecule has 1 aromatic carbocycles. The van der Waals surface area contributed by atoms with Gasteiger partial charge in [0.05, 0.1) is 24.0 Å². The summed E-state index contributed by atoms with van der Waals surface area (Å²) in [5.74, 6) is -1.43. The third kappa shape index (κ3) is 5.71. The Morgan fingerprint density at radius 3 is 2.40 bits per heavy atom. The third-order valence-electron chi connectivity index (χ3n) is 10.8. The fourth-order valence-corrected chi connectivity index (χ4v) is 8.64. The molecule has 2 bridgehead atoms. The Hall–Kier alpha value is -3.17. The summed E-state index contributed by atoms with van der Waals surface area (Å²) in [6.07, 6.45) is 10.2. The number of hydrogen-bond donors (Lipinski definition) is 1. The van der Waals surface area contributed by atoms with Crippen LogP contribution in [-0.4, -0.2) is 88.8 Å². The number of fused-ring (bicyclic) bond motifs is 1. The highest BCUT2D eigenvalue weighted by atomic mass is 16.5. The zero-order valence-electron chi connectivity index (χ0n) is 27.3. The molecule has 4 fully saturated rings. The number of nitrogens with zero attached hydrogens (tertiary/aromatic N) is 3. The van der Waals surface area contributed by atoms with Crippen molar-refractivity contribution in [2.24, 2.45) is 17.8 Å². The molecule has 9 heteroatoms. The van der Waals surface area contributed by atoms with Crippen LogP contribution >= 0.6 is 0 Å². The Morgan fingerprint density at radius 1 is 1.09 bits per heavy atom. The number of amides is 3. The molecule has 1 spiro atoms. The lowest BCUT2D eigenvalue weighted by Crippen LogP contribution is -2.58. The molecule has 246 valence electrons. The highest BCUT2D eigenvalue weighted by molar-refractivity contribution is 6.03. The minimum atomic E-state index is -1.12. The number of benzene rings is 1. The fourth-order valence-electron chi connectivity index (χ4n) is 8.64. The topological polar surface area (TPSA) is 99.6 Å². The van der Waals surface area contributed by atoms with Gasteiger partial charge in [0.2, 0.25) is 17.7 Å². The molecule has 1 saturated carbocycles. The van der Waals surface area contributed by atoms with E-state index in [0.29, 0.717) is 50.4 Å². The zero-order valence-corrected chi connectivity index (χ0v) is 27.3. The number of aliphatic hydroxyl groups is 1. The second-order valence-electron chi connectivity index (χ2n) is 13.4. The van der Waals surface area contributed by atoms with E-state index in [0.717, 1.165) is 32.1 Å². The predicted molar refractivity (Wildman–Crippen MR) is 174 cm³/mol. The molecule has 1 N–H and O–H groups in total. The van der Waals surface area contributed by atoms with Crippen LogP contribution < -0.4 is 9.64 Å². The van der Waals surface area contributed by atoms with Crippen LogP contribution in [0.1, 0.15) is 72.1 Å². The van der Waals surface area contributed by atoms with E-state index in [2.05, 4.69) is 20.1 Å². The predicted octanol–water partition coefficient (Wildman–Crippen LogP) is 4.73. The summed E-state index contributed by atoms with van der Waals surface area (Å²) < 4.78 is 12.6. The van der Waals surface area contributed by atoms with Gasteiger partial charge in [0.1, 0.15) is 17.4 Å². The normalized spacial score (nSPS) is 30.7. The summed E-state index contributed by atoms with van der Waals surface area (Å²) in [5, 5.41) is 9.54. The van der Waals surface area contributed by atoms with Gasteiger partial charge in [0.25, 0.3) is 0 Å². The molecule has 4 aliphatic rings. The Labute approximate surface area is 268 Å². The molecule has 45 heavy (non-hydrogen) atoms. The summed E-state index contributed by atoms with van der Waals surface area (Å²) in [6, 6.07) is 6.62. The van der Waals surface area contributed by atoms with Gasteiger partial charge in [-0.2, -0.15) is 0 Å². The summed E-state index contributed by atoms with van der Waals surface area (Å²) in [4.78, 5) is 49.5. The maximum atomic E-state index is 14.8. The van der Waals surface area contributed by atoms with Crippen molar-refractivity contribution in [2.75, 3.05) is 37.7 Å². The number of rotatable bonds is 14. The van der Waals surface area contributed by atoms with Crippen LogP contribution in [0.3, 0.4) is 0 Å². The summed E-state index contributed by atoms with van der Waals surface area (Å²) >= 11 is 0. The van der Waals surface area contributed by atoms with Crippen LogP contribution in [0.4, 0.5) is 5.69 Å². The molecule has 6 atom stereocenters. The van der Waals surface area contributed by atoms with Gasteiger partial charge in [-0.15, -0.1) is 13.2 Å². The van der Waals surface area contributed by atoms with Gasteiger partial charge < -0.3 is 29.3 Å². The number of aliphatic hydroxyl groups excluding tert-OH is 1. The lowest BCUT2D eigenvalue weighted by Gasteiger charge is -2.41. The van der Waals surface area contributed by atoms with E-state index >= 15 is 0 Å². The van der Waals surface area contributed by atoms with Gasteiger partial charge in [-0.25, -0.2) is 0 Å². The molecular formula is C36H51N3O6. The molecule has 1 aromatic rings. The molecule has 0 aromatic heterocycles. The number of hydrogen-bond acceptors (Lipinski definition) is 6. The summed E-state index contributed by atoms with van der Waals surface area (Å²) in [5.41, 5.74) is -1.36. The molecule has 1 aliphatic carbocycles. The first kappa shape index (κ1) is 33.2. The number of likely N-dealkylation sites (tertiary alicyclic amines) is 1. The molecule has 5 rings (SSSR count). The van der Waals surface area contributed by atoms with Crippen molar-refractivity contribution in [3.05, 3.63) is 49.6 Å². The number of unbranched alkanes of at least 4 members (excludes halogenated alkanes) is 1. The monoisotopic (exact) mass is 621 g/mol. The summed E-state index contributed by atoms with van der Waals surface area (Å²) in [6.45, 7) is 15.3. The maximum Gasteiger partial charge on any atom is 0.248 e. The van der Waals surface area contributed by atoms with Gasteiger partial charge in [0.15, 0.2) is 0 Å². The van der Waals surface area contributed by atoms with Crippen molar-refractivity contribution in [3.8, 4) is 5.75 Å². The Morgan fingerprint density at radius 2 is 1.78 bits per heavy atom. The number of carbonyl (C=O) groups excluding carboxylic acids is 3. The first-order valence-electron chi connectivity index (χ1n) is 16.9. The zero-order chi connectivity index (χ0) is 32.4. The van der Waals surface area contributed by atoms with Crippen LogP contribution in [0, 0.1) is 17.8 Å². The van der Waals surface area contributed by atoms with Crippen LogP contribution in [0.2, 0.25) is 0 Å². The molecule has 3 unspecified atom stereocenters. The van der Waals surface area contributed by atoms with E-state index in [9.17, 15) is 19.5 Å². The SMILES string of the molecule is C=CCN(C(=O)[C@@H]1[C@H]2C(=O)N(CCCCO)C(C(=O)N(CC=C)C3CCCCC3)C23CC(C)[C@@]1(C)O3)c1ccc(OCC)cc1. The standard InChI is InChI=1S/C36H51N3O6/c1-6-20-37(27-16-18-28(19-17-27)44-8-3)32(41)29-30-33(42)39(22-12-13-23-40)31(36(30)24-25(4)35(29,5)45-36)34(43)38(21-7-2)26-14-10-9-11-15-26/h6-7,16-19,25-26,29-31,40H,1-2,8-15,20-24H2,3-5H3/t25?,29-,30-,31?,35+,36?/m0/s1.